The highest BCUT2D eigenvalue weighted by atomic mass is 14.3. The maximum atomic E-state index is 2.52. The van der Waals surface area contributed by atoms with E-state index >= 15 is 0 Å². The van der Waals surface area contributed by atoms with Crippen molar-refractivity contribution >= 4 is 0 Å². The monoisotopic (exact) mass is 967 g/mol. The van der Waals surface area contributed by atoms with Gasteiger partial charge in [-0.05, 0) is 222 Å². The summed E-state index contributed by atoms with van der Waals surface area (Å²) in [4.78, 5) is 0. The molecule has 0 aromatic heterocycles. The molecule has 3 unspecified atom stereocenters. The Labute approximate surface area is 444 Å². The molecule has 0 aromatic rings. The Bertz CT molecular complexity index is 1800. The fourth-order valence-corrected chi connectivity index (χ4v) is 11.7. The normalized spacial score (nSPS) is 26.4. The van der Waals surface area contributed by atoms with Gasteiger partial charge in [-0.25, -0.2) is 0 Å². The van der Waals surface area contributed by atoms with E-state index < -0.39 is 0 Å². The minimum Gasteiger partial charge on any atom is -0.0885 e. The van der Waals surface area contributed by atoms with Crippen LogP contribution in [0.1, 0.15) is 218 Å². The third kappa shape index (κ3) is 27.6. The fourth-order valence-electron chi connectivity index (χ4n) is 11.7. The second-order valence-electron chi connectivity index (χ2n) is 21.8. The standard InChI is InChI=1S/C11H18.C10H16.C8H10.C8H8.C7H10.C6H10.2C6H8.C5H8.C5H6/c1-3-7-11(8-4-1)9-5-2-6-10-11;1-2-6-10-8-4-3-7-9(10)5-1;1-3-7-5-2-6-8(7)4-1;1-2-4-6-8-7-5-3-1;1-2-7-4-3-6(1)5-7;3*1-2-4-6-5-3-1;2*1-2-4-5-3-1/h3,7H,1-2,4-6,8-10H2;1-8H2;1,3-4,7H,2,5-6H2;1-8H;1-2,6-7H,3-5H2;1-2H,3-6H2;1-2,5-6H,3-4H2;1-4H,5-6H2;1-2H,3-5H2;1-4H,5H2/b;;;2-1-,3-1?,4-2?,5-3-,6-4?,7-5?,8-6?,8-7?;;;;;;. The van der Waals surface area contributed by atoms with E-state index in [-0.39, 0.29) is 0 Å². The van der Waals surface area contributed by atoms with E-state index in [0.29, 0.717) is 5.41 Å². The summed E-state index contributed by atoms with van der Waals surface area (Å²) in [6.45, 7) is 0. The van der Waals surface area contributed by atoms with Gasteiger partial charge in [0.2, 0.25) is 0 Å². The third-order valence-electron chi connectivity index (χ3n) is 15.9. The van der Waals surface area contributed by atoms with Crippen LogP contribution >= 0.6 is 0 Å². The first kappa shape index (κ1) is 58.5. The van der Waals surface area contributed by atoms with Crippen molar-refractivity contribution in [3.05, 3.63) is 205 Å². The molecule has 0 aromatic carbocycles. The molecule has 14 aliphatic carbocycles. The Hall–Kier alpha value is -4.42. The van der Waals surface area contributed by atoms with Gasteiger partial charge in [-0.15, -0.1) is 0 Å². The highest BCUT2D eigenvalue weighted by Gasteiger charge is 2.30. The van der Waals surface area contributed by atoms with Crippen LogP contribution in [0.5, 0.6) is 0 Å². The first-order chi connectivity index (χ1) is 35.8. The molecular formula is C72H102. The van der Waals surface area contributed by atoms with Gasteiger partial charge in [0.25, 0.3) is 0 Å². The second-order valence-corrected chi connectivity index (χ2v) is 21.8. The van der Waals surface area contributed by atoms with Crippen LogP contribution in [0.2, 0.25) is 0 Å². The molecule has 72 heavy (non-hydrogen) atoms. The summed E-state index contributed by atoms with van der Waals surface area (Å²) in [7, 11) is 0. The molecule has 1 spiro atoms. The molecule has 3 fully saturated rings. The van der Waals surface area contributed by atoms with Crippen molar-refractivity contribution in [3.8, 4) is 0 Å². The molecule has 0 nitrogen and oxygen atoms in total. The van der Waals surface area contributed by atoms with Crippen molar-refractivity contribution < 1.29 is 0 Å². The van der Waals surface area contributed by atoms with E-state index in [1.807, 2.05) is 59.8 Å². The van der Waals surface area contributed by atoms with Crippen LogP contribution in [-0.2, 0) is 0 Å². The lowest BCUT2D eigenvalue weighted by molar-refractivity contribution is 0.226. The van der Waals surface area contributed by atoms with Crippen LogP contribution in [-0.4, -0.2) is 0 Å². The summed E-state index contributed by atoms with van der Waals surface area (Å²) in [5.74, 6) is 2.84. The SMILES string of the molecule is C1=C/C=C\C=C/C=C1.C1=CC2(CCC1)CCCCC2.C1=CC2CCC1C2.C1=CC2CCCC2=C1.C1=CCC=C1.C1=CCC=CC1.C1=CCCC1.C1=CCCC=C1.C1=CCCCC1.C1CCC2=C(C1)CCCC2. The Balaban J connectivity index is 0.000000150. The van der Waals surface area contributed by atoms with Gasteiger partial charge >= 0.3 is 0 Å². The Morgan fingerprint density at radius 3 is 1.10 bits per heavy atom. The van der Waals surface area contributed by atoms with Gasteiger partial charge in [0.15, 0.2) is 0 Å². The molecule has 0 N–H and O–H groups in total. The van der Waals surface area contributed by atoms with Crippen molar-refractivity contribution in [2.45, 2.75) is 218 Å². The lowest BCUT2D eigenvalue weighted by Crippen LogP contribution is -2.23. The van der Waals surface area contributed by atoms with Gasteiger partial charge in [-0.3, -0.25) is 0 Å². The number of hydrogen-bond donors (Lipinski definition) is 0. The highest BCUT2D eigenvalue weighted by molar-refractivity contribution is 5.29. The third-order valence-corrected chi connectivity index (χ3v) is 15.9. The van der Waals surface area contributed by atoms with Crippen molar-refractivity contribution in [1.82, 2.24) is 0 Å². The van der Waals surface area contributed by atoms with E-state index in [0.717, 1.165) is 37.0 Å². The summed E-state index contributed by atoms with van der Waals surface area (Å²) in [5, 5.41) is 0. The zero-order chi connectivity index (χ0) is 49.9. The van der Waals surface area contributed by atoms with E-state index in [1.165, 1.54) is 199 Å². The summed E-state index contributed by atoms with van der Waals surface area (Å²) in [5.41, 5.74) is 6.04. The van der Waals surface area contributed by atoms with E-state index in [4.69, 9.17) is 0 Å². The Morgan fingerprint density at radius 2 is 0.764 bits per heavy atom. The second kappa shape index (κ2) is 40.0. The zero-order valence-corrected chi connectivity index (χ0v) is 45.7. The van der Waals surface area contributed by atoms with Crippen molar-refractivity contribution in [2.24, 2.45) is 23.2 Å². The average Bonchev–Trinajstić information content (AvgIpc) is 4.32. The first-order valence-corrected chi connectivity index (χ1v) is 30.1. The number of fused-ring (bicyclic) bond motifs is 3. The minimum atomic E-state index is 0.677. The minimum absolute atomic E-state index is 0.677. The predicted molar refractivity (Wildman–Crippen MR) is 322 cm³/mol. The Morgan fingerprint density at radius 1 is 0.306 bits per heavy atom. The Kier molecular flexibility index (Phi) is 32.5. The van der Waals surface area contributed by atoms with Crippen molar-refractivity contribution in [1.29, 1.82) is 0 Å². The van der Waals surface area contributed by atoms with Gasteiger partial charge < -0.3 is 0 Å². The highest BCUT2D eigenvalue weighted by Crippen LogP contribution is 2.44. The molecule has 3 atom stereocenters. The molecule has 0 radical (unpaired) electrons. The molecule has 14 rings (SSSR count). The lowest BCUT2D eigenvalue weighted by Gasteiger charge is -2.36. The van der Waals surface area contributed by atoms with E-state index in [9.17, 15) is 0 Å². The summed E-state index contributed by atoms with van der Waals surface area (Å²) in [6, 6.07) is 0. The average molecular weight is 968 g/mol. The number of rotatable bonds is 0. The molecule has 2 bridgehead atoms. The molecule has 14 aliphatic rings. The number of allylic oxidation sites excluding steroid dienone is 34. The van der Waals surface area contributed by atoms with Crippen LogP contribution in [0.4, 0.5) is 0 Å². The topological polar surface area (TPSA) is 0 Å². The van der Waals surface area contributed by atoms with Crippen LogP contribution in [0.15, 0.2) is 205 Å². The van der Waals surface area contributed by atoms with Crippen molar-refractivity contribution in [2.75, 3.05) is 0 Å². The van der Waals surface area contributed by atoms with Crippen LogP contribution in [0, 0.1) is 23.2 Å². The fraction of sp³-hybridized carbons (Fsp3) is 0.528. The first-order valence-electron chi connectivity index (χ1n) is 30.1. The molecule has 390 valence electrons. The van der Waals surface area contributed by atoms with Gasteiger partial charge in [-0.1, -0.05) is 224 Å². The van der Waals surface area contributed by atoms with Gasteiger partial charge in [0.1, 0.15) is 0 Å². The molecule has 0 aliphatic heterocycles. The van der Waals surface area contributed by atoms with Gasteiger partial charge in [0.05, 0.1) is 0 Å². The molecular weight excluding hydrogens is 865 g/mol. The summed E-state index contributed by atoms with van der Waals surface area (Å²) in [6.07, 6.45) is 114. The quantitative estimate of drug-likeness (QED) is 0.212. The molecule has 3 saturated carbocycles. The van der Waals surface area contributed by atoms with Crippen LogP contribution in [0.25, 0.3) is 0 Å². The van der Waals surface area contributed by atoms with Crippen LogP contribution < -0.4 is 0 Å². The summed E-state index contributed by atoms with van der Waals surface area (Å²) >= 11 is 0. The van der Waals surface area contributed by atoms with E-state index in [2.05, 4.69) is 140 Å². The lowest BCUT2D eigenvalue weighted by atomic mass is 9.69. The molecule has 0 amide bonds. The number of hydrogen-bond acceptors (Lipinski definition) is 0. The predicted octanol–water partition coefficient (Wildman–Crippen LogP) is 22.7. The summed E-state index contributed by atoms with van der Waals surface area (Å²) < 4.78 is 0. The maximum Gasteiger partial charge on any atom is -0.00169 e. The van der Waals surface area contributed by atoms with Crippen molar-refractivity contribution in [3.63, 3.8) is 0 Å². The van der Waals surface area contributed by atoms with Gasteiger partial charge in [0, 0.05) is 0 Å². The van der Waals surface area contributed by atoms with E-state index in [1.54, 1.807) is 5.57 Å². The molecule has 0 saturated heterocycles. The van der Waals surface area contributed by atoms with Gasteiger partial charge in [-0.2, -0.15) is 0 Å². The molecule has 0 heteroatoms. The van der Waals surface area contributed by atoms with Crippen LogP contribution in [0.3, 0.4) is 0 Å². The maximum absolute atomic E-state index is 2.52. The largest absolute Gasteiger partial charge is 0.0885 e. The zero-order valence-electron chi connectivity index (χ0n) is 45.7. The molecule has 0 heterocycles. The smallest absolute Gasteiger partial charge is 0.00169 e.